The van der Waals surface area contributed by atoms with Crippen LogP contribution in [0.2, 0.25) is 0 Å². The summed E-state index contributed by atoms with van der Waals surface area (Å²) >= 11 is 0. The van der Waals surface area contributed by atoms with Crippen molar-refractivity contribution in [3.8, 4) is 11.3 Å². The summed E-state index contributed by atoms with van der Waals surface area (Å²) in [6.45, 7) is 2.46. The van der Waals surface area contributed by atoms with Gasteiger partial charge >= 0.3 is 0 Å². The lowest BCUT2D eigenvalue weighted by atomic mass is 9.97. The molecule has 0 spiro atoms. The molecule has 0 fully saturated rings. The van der Waals surface area contributed by atoms with Crippen LogP contribution in [0.3, 0.4) is 0 Å². The first-order chi connectivity index (χ1) is 11.6. The molecule has 122 valence electrons. The Hall–Kier alpha value is -2.66. The van der Waals surface area contributed by atoms with Gasteiger partial charge in [-0.1, -0.05) is 47.6 Å². The number of aliphatic hydroxyl groups is 1. The number of rotatable bonds is 2. The van der Waals surface area contributed by atoms with Crippen LogP contribution in [0, 0.1) is 0 Å². The molecule has 1 aliphatic rings. The van der Waals surface area contributed by atoms with Crippen molar-refractivity contribution in [2.24, 2.45) is 0 Å². The second kappa shape index (κ2) is 5.76. The molecule has 0 bridgehead atoms. The van der Waals surface area contributed by atoms with Crippen molar-refractivity contribution in [2.45, 2.75) is 26.0 Å². The largest absolute Gasteiger partial charge is 0.384 e. The molecule has 0 saturated heterocycles. The molecule has 5 heteroatoms. The SMILES string of the molecule is C[C@@H](O)C(=O)N1CCc2onc(-c3cccc4ccccc34)c2C1. The van der Waals surface area contributed by atoms with Crippen LogP contribution < -0.4 is 0 Å². The summed E-state index contributed by atoms with van der Waals surface area (Å²) in [6.07, 6.45) is -0.377. The fraction of sp³-hybridized carbons (Fsp3) is 0.263. The van der Waals surface area contributed by atoms with Crippen LogP contribution >= 0.6 is 0 Å². The highest BCUT2D eigenvalue weighted by atomic mass is 16.5. The van der Waals surface area contributed by atoms with Gasteiger partial charge in [-0.2, -0.15) is 0 Å². The number of fused-ring (bicyclic) bond motifs is 2. The number of benzene rings is 2. The number of aromatic nitrogens is 1. The molecule has 1 atom stereocenters. The minimum Gasteiger partial charge on any atom is -0.384 e. The highest BCUT2D eigenvalue weighted by Gasteiger charge is 2.29. The van der Waals surface area contributed by atoms with Gasteiger partial charge in [0.1, 0.15) is 17.6 Å². The van der Waals surface area contributed by atoms with E-state index in [2.05, 4.69) is 23.4 Å². The molecule has 0 saturated carbocycles. The van der Waals surface area contributed by atoms with Crippen LogP contribution in [0.25, 0.3) is 22.0 Å². The molecule has 0 radical (unpaired) electrons. The third-order valence-corrected chi connectivity index (χ3v) is 4.54. The lowest BCUT2D eigenvalue weighted by Gasteiger charge is -2.27. The van der Waals surface area contributed by atoms with Crippen LogP contribution in [-0.4, -0.2) is 33.7 Å². The van der Waals surface area contributed by atoms with E-state index in [4.69, 9.17) is 4.52 Å². The number of aliphatic hydroxyl groups excluding tert-OH is 1. The third kappa shape index (κ3) is 2.37. The Kier molecular flexibility index (Phi) is 3.58. The maximum atomic E-state index is 12.1. The van der Waals surface area contributed by atoms with Gasteiger partial charge in [-0.25, -0.2) is 0 Å². The average molecular weight is 322 g/mol. The van der Waals surface area contributed by atoms with E-state index in [0.29, 0.717) is 19.5 Å². The standard InChI is InChI=1S/C19H18N2O3/c1-12(22)19(23)21-10-9-17-16(11-21)18(20-24-17)15-8-4-6-13-5-2-3-7-14(13)15/h2-8,12,22H,9-11H2,1H3/t12-/m1/s1. The Morgan fingerprint density at radius 1 is 1.25 bits per heavy atom. The van der Waals surface area contributed by atoms with E-state index in [1.807, 2.05) is 24.3 Å². The van der Waals surface area contributed by atoms with E-state index < -0.39 is 6.10 Å². The molecule has 24 heavy (non-hydrogen) atoms. The summed E-state index contributed by atoms with van der Waals surface area (Å²) in [5, 5.41) is 16.1. The van der Waals surface area contributed by atoms with Gasteiger partial charge < -0.3 is 14.5 Å². The normalized spacial score (nSPS) is 15.3. The van der Waals surface area contributed by atoms with Crippen LogP contribution in [0.5, 0.6) is 0 Å². The quantitative estimate of drug-likeness (QED) is 0.788. The van der Waals surface area contributed by atoms with Crippen molar-refractivity contribution in [1.82, 2.24) is 10.1 Å². The molecule has 1 amide bonds. The Balaban J connectivity index is 1.79. The first-order valence-corrected chi connectivity index (χ1v) is 8.07. The van der Waals surface area contributed by atoms with E-state index in [0.717, 1.165) is 33.4 Å². The summed E-state index contributed by atoms with van der Waals surface area (Å²) in [5.41, 5.74) is 2.72. The number of hydrogen-bond acceptors (Lipinski definition) is 4. The maximum Gasteiger partial charge on any atom is 0.251 e. The smallest absolute Gasteiger partial charge is 0.251 e. The maximum absolute atomic E-state index is 12.1. The molecule has 5 nitrogen and oxygen atoms in total. The van der Waals surface area contributed by atoms with Gasteiger partial charge in [0.15, 0.2) is 0 Å². The zero-order valence-corrected chi connectivity index (χ0v) is 13.4. The van der Waals surface area contributed by atoms with E-state index in [1.165, 1.54) is 6.92 Å². The zero-order chi connectivity index (χ0) is 16.7. The third-order valence-electron chi connectivity index (χ3n) is 4.54. The zero-order valence-electron chi connectivity index (χ0n) is 13.4. The van der Waals surface area contributed by atoms with Crippen molar-refractivity contribution < 1.29 is 14.4 Å². The van der Waals surface area contributed by atoms with E-state index in [9.17, 15) is 9.90 Å². The first-order valence-electron chi connectivity index (χ1n) is 8.07. The summed E-state index contributed by atoms with van der Waals surface area (Å²) in [5.74, 6) is 0.568. The van der Waals surface area contributed by atoms with Crippen LogP contribution in [-0.2, 0) is 17.8 Å². The summed E-state index contributed by atoms with van der Waals surface area (Å²) < 4.78 is 5.53. The van der Waals surface area contributed by atoms with Gasteiger partial charge in [0.2, 0.25) is 0 Å². The van der Waals surface area contributed by atoms with Crippen molar-refractivity contribution in [3.63, 3.8) is 0 Å². The van der Waals surface area contributed by atoms with Gasteiger partial charge in [-0.15, -0.1) is 0 Å². The summed E-state index contributed by atoms with van der Waals surface area (Å²) in [7, 11) is 0. The van der Waals surface area contributed by atoms with E-state index in [1.54, 1.807) is 4.90 Å². The number of hydrogen-bond donors (Lipinski definition) is 1. The van der Waals surface area contributed by atoms with Gasteiger partial charge in [-0.05, 0) is 17.7 Å². The second-order valence-corrected chi connectivity index (χ2v) is 6.15. The highest BCUT2D eigenvalue weighted by molar-refractivity contribution is 5.96. The molecule has 0 unspecified atom stereocenters. The predicted molar refractivity (Wildman–Crippen MR) is 90.2 cm³/mol. The lowest BCUT2D eigenvalue weighted by molar-refractivity contribution is -0.140. The predicted octanol–water partition coefficient (Wildman–Crippen LogP) is 2.76. The molecule has 0 aliphatic carbocycles. The van der Waals surface area contributed by atoms with Gasteiger partial charge in [0, 0.05) is 24.1 Å². The molecular formula is C19H18N2O3. The number of amides is 1. The highest BCUT2D eigenvalue weighted by Crippen LogP contribution is 2.34. The summed E-state index contributed by atoms with van der Waals surface area (Å²) in [6, 6.07) is 14.2. The Labute approximate surface area is 139 Å². The second-order valence-electron chi connectivity index (χ2n) is 6.15. The Morgan fingerprint density at radius 3 is 2.88 bits per heavy atom. The van der Waals surface area contributed by atoms with Crippen molar-refractivity contribution >= 4 is 16.7 Å². The molecule has 2 heterocycles. The van der Waals surface area contributed by atoms with E-state index in [-0.39, 0.29) is 5.91 Å². The minimum absolute atomic E-state index is 0.259. The number of nitrogens with zero attached hydrogens (tertiary/aromatic N) is 2. The monoisotopic (exact) mass is 322 g/mol. The Bertz CT molecular complexity index is 909. The van der Waals surface area contributed by atoms with Gasteiger partial charge in [0.05, 0.1) is 6.54 Å². The molecule has 3 aromatic rings. The molecular weight excluding hydrogens is 304 g/mol. The molecule has 4 rings (SSSR count). The first kappa shape index (κ1) is 14.9. The molecule has 1 N–H and O–H groups in total. The lowest BCUT2D eigenvalue weighted by Crippen LogP contribution is -2.40. The Morgan fingerprint density at radius 2 is 2.04 bits per heavy atom. The molecule has 1 aliphatic heterocycles. The van der Waals surface area contributed by atoms with Gasteiger partial charge in [-0.3, -0.25) is 4.79 Å². The fourth-order valence-electron chi connectivity index (χ4n) is 3.30. The minimum atomic E-state index is -0.993. The van der Waals surface area contributed by atoms with E-state index >= 15 is 0 Å². The molecule has 2 aromatic carbocycles. The average Bonchev–Trinajstić information content (AvgIpc) is 3.03. The molecule has 1 aromatic heterocycles. The topological polar surface area (TPSA) is 66.6 Å². The van der Waals surface area contributed by atoms with Gasteiger partial charge in [0.25, 0.3) is 5.91 Å². The fourth-order valence-corrected chi connectivity index (χ4v) is 3.30. The van der Waals surface area contributed by atoms with Crippen molar-refractivity contribution in [1.29, 1.82) is 0 Å². The summed E-state index contributed by atoms with van der Waals surface area (Å²) in [4.78, 5) is 13.8. The van der Waals surface area contributed by atoms with Crippen LogP contribution in [0.4, 0.5) is 0 Å². The number of carbonyl (C=O) groups is 1. The van der Waals surface area contributed by atoms with Crippen molar-refractivity contribution in [3.05, 3.63) is 53.8 Å². The van der Waals surface area contributed by atoms with Crippen molar-refractivity contribution in [2.75, 3.05) is 6.54 Å². The van der Waals surface area contributed by atoms with Crippen LogP contribution in [0.15, 0.2) is 47.0 Å². The number of carbonyl (C=O) groups excluding carboxylic acids is 1. The van der Waals surface area contributed by atoms with Crippen LogP contribution in [0.1, 0.15) is 18.2 Å².